The van der Waals surface area contributed by atoms with Crippen molar-refractivity contribution in [2.75, 3.05) is 20.3 Å². The minimum atomic E-state index is -0.616. The van der Waals surface area contributed by atoms with Gasteiger partial charge in [-0.2, -0.15) is 0 Å². The average molecular weight is 342 g/mol. The Kier molecular flexibility index (Phi) is 7.38. The fourth-order valence-electron chi connectivity index (χ4n) is 2.25. The zero-order chi connectivity index (χ0) is 17.9. The SMILES string of the molecule is COC(=O)C(=CO)c1ccccc1OCCCCOc1ccccc1. The van der Waals surface area contributed by atoms with E-state index in [1.165, 1.54) is 7.11 Å². The predicted molar refractivity (Wildman–Crippen MR) is 95.7 cm³/mol. The molecule has 0 bridgehead atoms. The molecule has 5 heteroatoms. The standard InChI is InChI=1S/C20H22O5/c1-23-20(22)18(15-21)17-11-5-6-12-19(17)25-14-8-7-13-24-16-9-3-2-4-10-16/h2-6,9-12,15,21H,7-8,13-14H2,1H3. The number of carbonyl (C=O) groups is 1. The van der Waals surface area contributed by atoms with E-state index < -0.39 is 5.97 Å². The van der Waals surface area contributed by atoms with Gasteiger partial charge in [0.1, 0.15) is 17.1 Å². The van der Waals surface area contributed by atoms with Crippen molar-refractivity contribution >= 4 is 11.5 Å². The highest BCUT2D eigenvalue weighted by Gasteiger charge is 2.16. The van der Waals surface area contributed by atoms with Gasteiger partial charge >= 0.3 is 5.97 Å². The monoisotopic (exact) mass is 342 g/mol. The summed E-state index contributed by atoms with van der Waals surface area (Å²) in [6.45, 7) is 1.09. The molecule has 0 aromatic heterocycles. The van der Waals surface area contributed by atoms with E-state index in [1.54, 1.807) is 18.2 Å². The number of esters is 1. The number of carbonyl (C=O) groups excluding carboxylic acids is 1. The number of para-hydroxylation sites is 2. The zero-order valence-electron chi connectivity index (χ0n) is 14.2. The molecule has 0 spiro atoms. The van der Waals surface area contributed by atoms with Gasteiger partial charge in [0.05, 0.1) is 26.6 Å². The molecule has 0 radical (unpaired) electrons. The Bertz CT molecular complexity index is 694. The van der Waals surface area contributed by atoms with Crippen LogP contribution in [0.2, 0.25) is 0 Å². The Morgan fingerprint density at radius 3 is 2.28 bits per heavy atom. The van der Waals surface area contributed by atoms with Crippen molar-refractivity contribution in [3.63, 3.8) is 0 Å². The van der Waals surface area contributed by atoms with Gasteiger partial charge in [0, 0.05) is 5.56 Å². The van der Waals surface area contributed by atoms with E-state index in [4.69, 9.17) is 9.47 Å². The molecule has 0 fully saturated rings. The zero-order valence-corrected chi connectivity index (χ0v) is 14.2. The molecule has 0 aliphatic rings. The van der Waals surface area contributed by atoms with Gasteiger partial charge in [0.25, 0.3) is 0 Å². The molecule has 0 aliphatic heterocycles. The first-order valence-electron chi connectivity index (χ1n) is 8.09. The summed E-state index contributed by atoms with van der Waals surface area (Å²) in [5.41, 5.74) is 0.558. The van der Waals surface area contributed by atoms with Crippen LogP contribution in [0.1, 0.15) is 18.4 Å². The minimum Gasteiger partial charge on any atom is -0.515 e. The third-order valence-electron chi connectivity index (χ3n) is 3.52. The fourth-order valence-corrected chi connectivity index (χ4v) is 2.25. The predicted octanol–water partition coefficient (Wildman–Crippen LogP) is 4.00. The Morgan fingerprint density at radius 2 is 1.60 bits per heavy atom. The van der Waals surface area contributed by atoms with Crippen molar-refractivity contribution in [2.24, 2.45) is 0 Å². The summed E-state index contributed by atoms with van der Waals surface area (Å²) in [6, 6.07) is 16.7. The second-order valence-electron chi connectivity index (χ2n) is 5.25. The van der Waals surface area contributed by atoms with Crippen LogP contribution in [0.5, 0.6) is 11.5 Å². The molecule has 25 heavy (non-hydrogen) atoms. The van der Waals surface area contributed by atoms with Crippen LogP contribution in [0, 0.1) is 0 Å². The van der Waals surface area contributed by atoms with Crippen LogP contribution in [0.3, 0.4) is 0 Å². The number of hydrogen-bond acceptors (Lipinski definition) is 5. The summed E-state index contributed by atoms with van der Waals surface area (Å²) in [5, 5.41) is 9.32. The largest absolute Gasteiger partial charge is 0.515 e. The van der Waals surface area contributed by atoms with Crippen molar-refractivity contribution in [3.05, 3.63) is 66.4 Å². The van der Waals surface area contributed by atoms with Crippen LogP contribution in [-0.2, 0) is 9.53 Å². The topological polar surface area (TPSA) is 65.0 Å². The van der Waals surface area contributed by atoms with Crippen LogP contribution in [0.25, 0.3) is 5.57 Å². The first-order chi connectivity index (χ1) is 12.3. The van der Waals surface area contributed by atoms with Crippen molar-refractivity contribution in [1.29, 1.82) is 0 Å². The van der Waals surface area contributed by atoms with Gasteiger partial charge in [0.15, 0.2) is 0 Å². The lowest BCUT2D eigenvalue weighted by Gasteiger charge is -2.12. The highest BCUT2D eigenvalue weighted by molar-refractivity contribution is 6.16. The molecule has 0 atom stereocenters. The molecular weight excluding hydrogens is 320 g/mol. The van der Waals surface area contributed by atoms with Crippen molar-refractivity contribution in [3.8, 4) is 11.5 Å². The van der Waals surface area contributed by atoms with E-state index in [0.29, 0.717) is 24.5 Å². The lowest BCUT2D eigenvalue weighted by Crippen LogP contribution is -2.07. The van der Waals surface area contributed by atoms with E-state index in [0.717, 1.165) is 24.9 Å². The number of rotatable bonds is 9. The van der Waals surface area contributed by atoms with Gasteiger partial charge in [-0.15, -0.1) is 0 Å². The summed E-state index contributed by atoms with van der Waals surface area (Å²) < 4.78 is 16.0. The molecule has 2 aromatic rings. The molecule has 0 saturated carbocycles. The van der Waals surface area contributed by atoms with Gasteiger partial charge in [0.2, 0.25) is 0 Å². The number of ether oxygens (including phenoxy) is 3. The minimum absolute atomic E-state index is 0.0607. The number of aliphatic hydroxyl groups excluding tert-OH is 1. The normalized spacial score (nSPS) is 11.0. The van der Waals surface area contributed by atoms with E-state index >= 15 is 0 Å². The first-order valence-corrected chi connectivity index (χ1v) is 8.09. The van der Waals surface area contributed by atoms with E-state index in [-0.39, 0.29) is 5.57 Å². The molecule has 2 rings (SSSR count). The Labute approximate surface area is 147 Å². The average Bonchev–Trinajstić information content (AvgIpc) is 2.66. The number of aliphatic hydroxyl groups is 1. The van der Waals surface area contributed by atoms with Gasteiger partial charge in [-0.1, -0.05) is 36.4 Å². The molecular formula is C20H22O5. The van der Waals surface area contributed by atoms with Crippen molar-refractivity contribution in [2.45, 2.75) is 12.8 Å². The summed E-state index contributed by atoms with van der Waals surface area (Å²) in [7, 11) is 1.27. The van der Waals surface area contributed by atoms with Gasteiger partial charge in [-0.25, -0.2) is 4.79 Å². The molecule has 0 heterocycles. The second kappa shape index (κ2) is 10.0. The maximum absolute atomic E-state index is 11.7. The Morgan fingerprint density at radius 1 is 0.960 bits per heavy atom. The maximum atomic E-state index is 11.7. The number of benzene rings is 2. The van der Waals surface area contributed by atoms with Gasteiger partial charge < -0.3 is 19.3 Å². The molecule has 0 aliphatic carbocycles. The third kappa shape index (κ3) is 5.57. The number of methoxy groups -OCH3 is 1. The third-order valence-corrected chi connectivity index (χ3v) is 3.52. The summed E-state index contributed by atoms with van der Waals surface area (Å²) in [6.07, 6.45) is 2.38. The molecule has 2 aromatic carbocycles. The van der Waals surface area contributed by atoms with Crippen LogP contribution >= 0.6 is 0 Å². The number of hydrogen-bond donors (Lipinski definition) is 1. The molecule has 0 amide bonds. The lowest BCUT2D eigenvalue weighted by atomic mass is 10.1. The molecule has 0 saturated heterocycles. The molecule has 132 valence electrons. The lowest BCUT2D eigenvalue weighted by molar-refractivity contribution is -0.133. The van der Waals surface area contributed by atoms with E-state index in [2.05, 4.69) is 4.74 Å². The Hall–Kier alpha value is -2.95. The number of unbranched alkanes of at least 4 members (excludes halogenated alkanes) is 1. The van der Waals surface area contributed by atoms with Crippen molar-refractivity contribution in [1.82, 2.24) is 0 Å². The van der Waals surface area contributed by atoms with Crippen LogP contribution in [0.4, 0.5) is 0 Å². The van der Waals surface area contributed by atoms with E-state index in [9.17, 15) is 9.90 Å². The Balaban J connectivity index is 1.82. The van der Waals surface area contributed by atoms with E-state index in [1.807, 2.05) is 36.4 Å². The second-order valence-corrected chi connectivity index (χ2v) is 5.25. The van der Waals surface area contributed by atoms with Crippen molar-refractivity contribution < 1.29 is 24.1 Å². The first kappa shape index (κ1) is 18.4. The summed E-state index contributed by atoms with van der Waals surface area (Å²) in [5.74, 6) is 0.761. The van der Waals surface area contributed by atoms with Gasteiger partial charge in [-0.05, 0) is 31.0 Å². The molecule has 0 unspecified atom stereocenters. The summed E-state index contributed by atoms with van der Waals surface area (Å²) in [4.78, 5) is 11.7. The van der Waals surface area contributed by atoms with Crippen LogP contribution in [-0.4, -0.2) is 31.4 Å². The molecule has 1 N–H and O–H groups in total. The maximum Gasteiger partial charge on any atom is 0.341 e. The van der Waals surface area contributed by atoms with Crippen LogP contribution < -0.4 is 9.47 Å². The highest BCUT2D eigenvalue weighted by Crippen LogP contribution is 2.26. The highest BCUT2D eigenvalue weighted by atomic mass is 16.5. The van der Waals surface area contributed by atoms with Gasteiger partial charge in [-0.3, -0.25) is 0 Å². The molecule has 5 nitrogen and oxygen atoms in total. The summed E-state index contributed by atoms with van der Waals surface area (Å²) >= 11 is 0. The quantitative estimate of drug-likeness (QED) is 0.323. The van der Waals surface area contributed by atoms with Crippen LogP contribution in [0.15, 0.2) is 60.9 Å². The smallest absolute Gasteiger partial charge is 0.341 e. The fraction of sp³-hybridized carbons (Fsp3) is 0.250.